The quantitative estimate of drug-likeness (QED) is 0.560. The molecule has 4 rings (SSSR count). The van der Waals surface area contributed by atoms with Crippen LogP contribution in [0.25, 0.3) is 22.3 Å². The van der Waals surface area contributed by atoms with Crippen LogP contribution in [-0.4, -0.2) is 22.0 Å². The molecule has 2 aromatic heterocycles. The van der Waals surface area contributed by atoms with Crippen LogP contribution in [-0.2, 0) is 0 Å². The monoisotopic (exact) mass is 312 g/mol. The van der Waals surface area contributed by atoms with E-state index in [1.54, 1.807) is 12.4 Å². The lowest BCUT2D eigenvalue weighted by atomic mass is 10.1. The Bertz CT molecular complexity index is 968. The number of aromatic nitrogens is 3. The number of nitrogens with zero attached hydrogens (tertiary/aromatic N) is 4. The van der Waals surface area contributed by atoms with Gasteiger partial charge in [-0.25, -0.2) is 9.97 Å². The number of benzene rings is 2. The molecule has 4 heteroatoms. The summed E-state index contributed by atoms with van der Waals surface area (Å²) in [5.41, 5.74) is 2.97. The molecule has 0 N–H and O–H groups in total. The fourth-order valence-corrected chi connectivity index (χ4v) is 2.72. The molecule has 4 nitrogen and oxygen atoms in total. The van der Waals surface area contributed by atoms with E-state index in [2.05, 4.69) is 16.0 Å². The minimum atomic E-state index is 0.727. The Balaban J connectivity index is 1.93. The van der Waals surface area contributed by atoms with Gasteiger partial charge in [0.15, 0.2) is 5.82 Å². The van der Waals surface area contributed by atoms with Gasteiger partial charge in [-0.2, -0.15) is 0 Å². The maximum atomic E-state index is 4.84. The molecular weight excluding hydrogens is 296 g/mol. The standard InChI is InChI=1S/C20H16N4/c1-24(16-11-13-21-14-12-16)20-17-9-5-6-10-18(17)22-19(23-20)15-7-3-2-4-8-15/h2-14H,1H3. The van der Waals surface area contributed by atoms with Crippen LogP contribution in [0.4, 0.5) is 11.5 Å². The normalized spacial score (nSPS) is 10.7. The maximum Gasteiger partial charge on any atom is 0.162 e. The molecule has 0 radical (unpaired) electrons. The van der Waals surface area contributed by atoms with E-state index in [-0.39, 0.29) is 0 Å². The van der Waals surface area contributed by atoms with E-state index in [1.807, 2.05) is 67.7 Å². The first kappa shape index (κ1) is 14.3. The number of para-hydroxylation sites is 1. The topological polar surface area (TPSA) is 41.9 Å². The van der Waals surface area contributed by atoms with Crippen LogP contribution in [0, 0.1) is 0 Å². The van der Waals surface area contributed by atoms with Gasteiger partial charge in [0.25, 0.3) is 0 Å². The molecule has 2 heterocycles. The molecule has 0 aliphatic rings. The van der Waals surface area contributed by atoms with E-state index in [1.165, 1.54) is 0 Å². The van der Waals surface area contributed by atoms with Crippen LogP contribution < -0.4 is 4.90 Å². The smallest absolute Gasteiger partial charge is 0.162 e. The van der Waals surface area contributed by atoms with Gasteiger partial charge in [0.05, 0.1) is 5.52 Å². The van der Waals surface area contributed by atoms with Crippen molar-refractivity contribution >= 4 is 22.4 Å². The zero-order chi connectivity index (χ0) is 16.4. The Morgan fingerprint density at radius 2 is 1.46 bits per heavy atom. The van der Waals surface area contributed by atoms with Crippen LogP contribution in [0.1, 0.15) is 0 Å². The minimum Gasteiger partial charge on any atom is -0.329 e. The second kappa shape index (κ2) is 6.08. The fraction of sp³-hybridized carbons (Fsp3) is 0.0500. The Kier molecular flexibility index (Phi) is 3.63. The molecule has 4 aromatic rings. The SMILES string of the molecule is CN(c1ccncc1)c1nc(-c2ccccc2)nc2ccccc12. The summed E-state index contributed by atoms with van der Waals surface area (Å²) >= 11 is 0. The third kappa shape index (κ3) is 2.58. The molecule has 0 fully saturated rings. The number of anilines is 2. The number of hydrogen-bond donors (Lipinski definition) is 0. The summed E-state index contributed by atoms with van der Waals surface area (Å²) in [6.45, 7) is 0. The van der Waals surface area contributed by atoms with Crippen LogP contribution in [0.15, 0.2) is 79.1 Å². The van der Waals surface area contributed by atoms with Crippen molar-refractivity contribution in [3.63, 3.8) is 0 Å². The van der Waals surface area contributed by atoms with Crippen molar-refractivity contribution < 1.29 is 0 Å². The highest BCUT2D eigenvalue weighted by atomic mass is 15.2. The summed E-state index contributed by atoms with van der Waals surface area (Å²) in [6, 6.07) is 22.1. The van der Waals surface area contributed by atoms with Gasteiger partial charge in [0.2, 0.25) is 0 Å². The van der Waals surface area contributed by atoms with Crippen LogP contribution >= 0.6 is 0 Å². The zero-order valence-corrected chi connectivity index (χ0v) is 13.3. The van der Waals surface area contributed by atoms with E-state index in [0.29, 0.717) is 0 Å². The average molecular weight is 312 g/mol. The fourth-order valence-electron chi connectivity index (χ4n) is 2.72. The van der Waals surface area contributed by atoms with E-state index >= 15 is 0 Å². The first-order chi connectivity index (χ1) is 11.8. The number of pyridine rings is 1. The predicted molar refractivity (Wildman–Crippen MR) is 97.3 cm³/mol. The highest BCUT2D eigenvalue weighted by molar-refractivity contribution is 5.92. The molecule has 24 heavy (non-hydrogen) atoms. The molecule has 0 aliphatic carbocycles. The molecule has 0 saturated carbocycles. The van der Waals surface area contributed by atoms with Gasteiger partial charge in [-0.3, -0.25) is 4.98 Å². The molecule has 0 unspecified atom stereocenters. The highest BCUT2D eigenvalue weighted by Gasteiger charge is 2.13. The van der Waals surface area contributed by atoms with Crippen molar-refractivity contribution in [1.29, 1.82) is 0 Å². The summed E-state index contributed by atoms with van der Waals surface area (Å²) < 4.78 is 0. The van der Waals surface area contributed by atoms with Gasteiger partial charge < -0.3 is 4.90 Å². The molecule has 0 spiro atoms. The highest BCUT2D eigenvalue weighted by Crippen LogP contribution is 2.30. The van der Waals surface area contributed by atoms with Gasteiger partial charge in [-0.05, 0) is 24.3 Å². The third-order valence-electron chi connectivity index (χ3n) is 3.98. The van der Waals surface area contributed by atoms with Crippen LogP contribution in [0.3, 0.4) is 0 Å². The van der Waals surface area contributed by atoms with Crippen LogP contribution in [0.2, 0.25) is 0 Å². The van der Waals surface area contributed by atoms with Crippen molar-refractivity contribution in [3.05, 3.63) is 79.1 Å². The van der Waals surface area contributed by atoms with E-state index in [9.17, 15) is 0 Å². The lowest BCUT2D eigenvalue weighted by Gasteiger charge is -2.20. The molecule has 0 bridgehead atoms. The van der Waals surface area contributed by atoms with Gasteiger partial charge in [0, 0.05) is 36.1 Å². The summed E-state index contributed by atoms with van der Waals surface area (Å²) in [7, 11) is 2.01. The largest absolute Gasteiger partial charge is 0.329 e. The van der Waals surface area contributed by atoms with Crippen molar-refractivity contribution in [2.45, 2.75) is 0 Å². The molecular formula is C20H16N4. The average Bonchev–Trinajstić information content (AvgIpc) is 2.68. The maximum absolute atomic E-state index is 4.84. The van der Waals surface area contributed by atoms with E-state index in [0.717, 1.165) is 33.8 Å². The predicted octanol–water partition coefficient (Wildman–Crippen LogP) is 4.46. The van der Waals surface area contributed by atoms with Crippen molar-refractivity contribution in [3.8, 4) is 11.4 Å². The Morgan fingerprint density at radius 3 is 2.25 bits per heavy atom. The second-order valence-electron chi connectivity index (χ2n) is 5.52. The Morgan fingerprint density at radius 1 is 0.750 bits per heavy atom. The molecule has 0 atom stereocenters. The Hall–Kier alpha value is -3.27. The lowest BCUT2D eigenvalue weighted by Crippen LogP contribution is -2.12. The minimum absolute atomic E-state index is 0.727. The van der Waals surface area contributed by atoms with E-state index in [4.69, 9.17) is 9.97 Å². The van der Waals surface area contributed by atoms with E-state index < -0.39 is 0 Å². The summed E-state index contributed by atoms with van der Waals surface area (Å²) in [4.78, 5) is 15.7. The third-order valence-corrected chi connectivity index (χ3v) is 3.98. The zero-order valence-electron chi connectivity index (χ0n) is 13.3. The van der Waals surface area contributed by atoms with Crippen LogP contribution in [0.5, 0.6) is 0 Å². The first-order valence-corrected chi connectivity index (χ1v) is 7.79. The van der Waals surface area contributed by atoms with Gasteiger partial charge in [-0.15, -0.1) is 0 Å². The van der Waals surface area contributed by atoms with Gasteiger partial charge in [-0.1, -0.05) is 42.5 Å². The summed E-state index contributed by atoms with van der Waals surface area (Å²) in [6.07, 6.45) is 3.57. The number of rotatable bonds is 3. The van der Waals surface area contributed by atoms with Crippen molar-refractivity contribution in [2.75, 3.05) is 11.9 Å². The molecule has 0 saturated heterocycles. The number of hydrogen-bond acceptors (Lipinski definition) is 4. The summed E-state index contributed by atoms with van der Waals surface area (Å²) in [5, 5.41) is 1.02. The van der Waals surface area contributed by atoms with Gasteiger partial charge >= 0.3 is 0 Å². The Labute approximate surface area is 140 Å². The van der Waals surface area contributed by atoms with Crippen molar-refractivity contribution in [2.24, 2.45) is 0 Å². The molecule has 2 aromatic carbocycles. The molecule has 116 valence electrons. The number of fused-ring (bicyclic) bond motifs is 1. The summed E-state index contributed by atoms with van der Waals surface area (Å²) in [5.74, 6) is 1.61. The second-order valence-corrected chi connectivity index (χ2v) is 5.52. The van der Waals surface area contributed by atoms with Gasteiger partial charge in [0.1, 0.15) is 5.82 Å². The lowest BCUT2D eigenvalue weighted by molar-refractivity contribution is 1.11. The molecule has 0 amide bonds. The first-order valence-electron chi connectivity index (χ1n) is 7.79. The van der Waals surface area contributed by atoms with Crippen molar-refractivity contribution in [1.82, 2.24) is 15.0 Å². The molecule has 0 aliphatic heterocycles.